The fourth-order valence-electron chi connectivity index (χ4n) is 2.10. The Hall–Kier alpha value is -1.43. The summed E-state index contributed by atoms with van der Waals surface area (Å²) >= 11 is 1.84. The molecule has 0 aliphatic heterocycles. The molecule has 104 valence electrons. The number of methoxy groups -OCH3 is 1. The summed E-state index contributed by atoms with van der Waals surface area (Å²) in [6, 6.07) is 3.21. The third-order valence-corrected chi connectivity index (χ3v) is 4.12. The van der Waals surface area contributed by atoms with Crippen LogP contribution in [0.5, 0.6) is 5.75 Å². The van der Waals surface area contributed by atoms with E-state index in [0.717, 1.165) is 17.0 Å². The van der Waals surface area contributed by atoms with Gasteiger partial charge in [0.2, 0.25) is 5.95 Å². The van der Waals surface area contributed by atoms with E-state index < -0.39 is 5.82 Å². The van der Waals surface area contributed by atoms with Crippen LogP contribution in [0, 0.1) is 5.82 Å². The SMILES string of the molecule is CCSCC(C)n1c(N)nc2cc(F)c(OC)cc21. The maximum absolute atomic E-state index is 13.6. The first kappa shape index (κ1) is 14.0. The van der Waals surface area contributed by atoms with Crippen molar-refractivity contribution in [2.24, 2.45) is 0 Å². The van der Waals surface area contributed by atoms with Crippen LogP contribution in [-0.2, 0) is 0 Å². The summed E-state index contributed by atoms with van der Waals surface area (Å²) in [5, 5.41) is 0. The van der Waals surface area contributed by atoms with E-state index in [0.29, 0.717) is 11.5 Å². The lowest BCUT2D eigenvalue weighted by molar-refractivity contribution is 0.387. The zero-order valence-corrected chi connectivity index (χ0v) is 12.1. The third-order valence-electron chi connectivity index (χ3n) is 2.99. The van der Waals surface area contributed by atoms with Crippen molar-refractivity contribution in [1.29, 1.82) is 0 Å². The maximum Gasteiger partial charge on any atom is 0.201 e. The molecule has 0 bridgehead atoms. The molecule has 1 aromatic heterocycles. The van der Waals surface area contributed by atoms with Crippen LogP contribution in [0.4, 0.5) is 10.3 Å². The van der Waals surface area contributed by atoms with Gasteiger partial charge in [-0.1, -0.05) is 6.92 Å². The van der Waals surface area contributed by atoms with E-state index in [-0.39, 0.29) is 11.8 Å². The van der Waals surface area contributed by atoms with Crippen LogP contribution in [0.15, 0.2) is 12.1 Å². The van der Waals surface area contributed by atoms with Gasteiger partial charge in [-0.05, 0) is 12.7 Å². The summed E-state index contributed by atoms with van der Waals surface area (Å²) in [5.41, 5.74) is 7.31. The fraction of sp³-hybridized carbons (Fsp3) is 0.462. The van der Waals surface area contributed by atoms with Gasteiger partial charge in [-0.2, -0.15) is 11.8 Å². The highest BCUT2D eigenvalue weighted by atomic mass is 32.2. The van der Waals surface area contributed by atoms with Gasteiger partial charge >= 0.3 is 0 Å². The quantitative estimate of drug-likeness (QED) is 0.916. The van der Waals surface area contributed by atoms with Gasteiger partial charge in [0.15, 0.2) is 11.6 Å². The van der Waals surface area contributed by atoms with E-state index in [1.807, 2.05) is 16.3 Å². The van der Waals surface area contributed by atoms with E-state index in [2.05, 4.69) is 18.8 Å². The van der Waals surface area contributed by atoms with Crippen molar-refractivity contribution in [3.8, 4) is 5.75 Å². The third kappa shape index (κ3) is 2.63. The molecule has 0 aliphatic rings. The van der Waals surface area contributed by atoms with Crippen molar-refractivity contribution >= 4 is 28.7 Å². The Kier molecular flexibility index (Phi) is 4.19. The number of benzene rings is 1. The number of hydrogen-bond acceptors (Lipinski definition) is 4. The Morgan fingerprint density at radius 1 is 1.53 bits per heavy atom. The Morgan fingerprint density at radius 3 is 2.89 bits per heavy atom. The molecule has 2 aromatic rings. The van der Waals surface area contributed by atoms with Gasteiger partial charge in [-0.3, -0.25) is 0 Å². The first-order chi connectivity index (χ1) is 9.08. The zero-order valence-electron chi connectivity index (χ0n) is 11.3. The topological polar surface area (TPSA) is 53.1 Å². The van der Waals surface area contributed by atoms with Crippen LogP contribution in [0.2, 0.25) is 0 Å². The van der Waals surface area contributed by atoms with Crippen LogP contribution in [0.3, 0.4) is 0 Å². The lowest BCUT2D eigenvalue weighted by atomic mass is 10.2. The number of nitrogens with two attached hydrogens (primary N) is 1. The predicted octanol–water partition coefficient (Wildman–Crippen LogP) is 3.08. The molecular weight excluding hydrogens is 265 g/mol. The van der Waals surface area contributed by atoms with Gasteiger partial charge in [0, 0.05) is 23.9 Å². The fourth-order valence-corrected chi connectivity index (χ4v) is 2.82. The molecule has 0 amide bonds. The Bertz CT molecular complexity index is 585. The molecule has 19 heavy (non-hydrogen) atoms. The van der Waals surface area contributed by atoms with E-state index >= 15 is 0 Å². The number of ether oxygens (including phenoxy) is 1. The summed E-state index contributed by atoms with van der Waals surface area (Å²) in [5.74, 6) is 2.19. The second-order valence-electron chi connectivity index (χ2n) is 4.32. The van der Waals surface area contributed by atoms with Gasteiger partial charge in [-0.25, -0.2) is 9.37 Å². The molecule has 1 aromatic carbocycles. The molecule has 0 saturated carbocycles. The molecule has 1 heterocycles. The predicted molar refractivity (Wildman–Crippen MR) is 78.4 cm³/mol. The highest BCUT2D eigenvalue weighted by Gasteiger charge is 2.16. The number of fused-ring (bicyclic) bond motifs is 1. The Morgan fingerprint density at radius 2 is 2.26 bits per heavy atom. The van der Waals surface area contributed by atoms with Gasteiger partial charge in [-0.15, -0.1) is 0 Å². The molecule has 0 fully saturated rings. The van der Waals surface area contributed by atoms with Crippen LogP contribution in [0.25, 0.3) is 11.0 Å². The molecule has 2 N–H and O–H groups in total. The minimum atomic E-state index is -0.421. The summed E-state index contributed by atoms with van der Waals surface area (Å²) in [6.45, 7) is 4.20. The van der Waals surface area contributed by atoms with Crippen molar-refractivity contribution in [1.82, 2.24) is 9.55 Å². The number of nitrogen functional groups attached to an aromatic ring is 1. The van der Waals surface area contributed by atoms with Crippen molar-refractivity contribution in [2.75, 3.05) is 24.3 Å². The van der Waals surface area contributed by atoms with E-state index in [4.69, 9.17) is 10.5 Å². The first-order valence-corrected chi connectivity index (χ1v) is 7.32. The van der Waals surface area contributed by atoms with Gasteiger partial charge in [0.05, 0.1) is 18.1 Å². The number of thioether (sulfide) groups is 1. The Balaban J connectivity index is 2.50. The van der Waals surface area contributed by atoms with Crippen molar-refractivity contribution in [2.45, 2.75) is 19.9 Å². The summed E-state index contributed by atoms with van der Waals surface area (Å²) in [4.78, 5) is 4.21. The summed E-state index contributed by atoms with van der Waals surface area (Å²) in [7, 11) is 1.45. The number of rotatable bonds is 5. The molecule has 0 spiro atoms. The number of halogens is 1. The lowest BCUT2D eigenvalue weighted by Crippen LogP contribution is -2.11. The van der Waals surface area contributed by atoms with Crippen molar-refractivity contribution in [3.63, 3.8) is 0 Å². The molecule has 1 unspecified atom stereocenters. The largest absolute Gasteiger partial charge is 0.494 e. The summed E-state index contributed by atoms with van der Waals surface area (Å²) in [6.07, 6.45) is 0. The highest BCUT2D eigenvalue weighted by Crippen LogP contribution is 2.29. The number of anilines is 1. The monoisotopic (exact) mass is 283 g/mol. The van der Waals surface area contributed by atoms with Gasteiger partial charge in [0.25, 0.3) is 0 Å². The zero-order chi connectivity index (χ0) is 14.0. The molecule has 0 saturated heterocycles. The average molecular weight is 283 g/mol. The van der Waals surface area contributed by atoms with Crippen molar-refractivity contribution < 1.29 is 9.13 Å². The molecular formula is C13H18FN3OS. The smallest absolute Gasteiger partial charge is 0.201 e. The first-order valence-electron chi connectivity index (χ1n) is 6.17. The maximum atomic E-state index is 13.6. The van der Waals surface area contributed by atoms with Gasteiger partial charge < -0.3 is 15.0 Å². The second-order valence-corrected chi connectivity index (χ2v) is 5.64. The van der Waals surface area contributed by atoms with Gasteiger partial charge in [0.1, 0.15) is 0 Å². The number of imidazole rings is 1. The number of nitrogens with zero attached hydrogens (tertiary/aromatic N) is 2. The van der Waals surface area contributed by atoms with Crippen LogP contribution in [0.1, 0.15) is 19.9 Å². The van der Waals surface area contributed by atoms with Crippen LogP contribution >= 0.6 is 11.8 Å². The van der Waals surface area contributed by atoms with E-state index in [1.54, 1.807) is 6.07 Å². The molecule has 2 rings (SSSR count). The average Bonchev–Trinajstić information content (AvgIpc) is 2.69. The minimum Gasteiger partial charge on any atom is -0.494 e. The molecule has 1 atom stereocenters. The van der Waals surface area contributed by atoms with Crippen molar-refractivity contribution in [3.05, 3.63) is 17.9 Å². The molecule has 0 aliphatic carbocycles. The number of aromatic nitrogens is 2. The summed E-state index contributed by atoms with van der Waals surface area (Å²) < 4.78 is 20.6. The Labute approximate surface area is 116 Å². The standard InChI is InChI=1S/C13H18FN3OS/c1-4-19-7-8(2)17-11-6-12(18-3)9(14)5-10(11)16-13(17)15/h5-6,8H,4,7H2,1-3H3,(H2,15,16). The lowest BCUT2D eigenvalue weighted by Gasteiger charge is -2.15. The second kappa shape index (κ2) is 5.69. The van der Waals surface area contributed by atoms with E-state index in [9.17, 15) is 4.39 Å². The van der Waals surface area contributed by atoms with E-state index in [1.165, 1.54) is 13.2 Å². The molecule has 4 nitrogen and oxygen atoms in total. The molecule has 6 heteroatoms. The normalized spacial score (nSPS) is 12.8. The molecule has 0 radical (unpaired) electrons. The highest BCUT2D eigenvalue weighted by molar-refractivity contribution is 7.99. The minimum absolute atomic E-state index is 0.199. The van der Waals surface area contributed by atoms with Crippen LogP contribution in [-0.4, -0.2) is 28.2 Å². The number of hydrogen-bond donors (Lipinski definition) is 1. The van der Waals surface area contributed by atoms with Crippen LogP contribution < -0.4 is 10.5 Å².